The van der Waals surface area contributed by atoms with Crippen LogP contribution in [0.4, 0.5) is 6.01 Å². The van der Waals surface area contributed by atoms with Crippen LogP contribution in [-0.4, -0.2) is 15.2 Å². The standard InChI is InChI=1S/C9H12N4OS/c1-3-8-12-13-9(14-8)10-4-7-5-15-6(2)11-7/h5H,3-4H2,1-2H3,(H,10,13). The van der Waals surface area contributed by atoms with Crippen LogP contribution in [0, 0.1) is 6.92 Å². The Hall–Kier alpha value is -1.43. The van der Waals surface area contributed by atoms with Gasteiger partial charge in [-0.3, -0.25) is 0 Å². The second kappa shape index (κ2) is 4.39. The largest absolute Gasteiger partial charge is 0.408 e. The van der Waals surface area contributed by atoms with E-state index in [1.54, 1.807) is 11.3 Å². The molecule has 1 N–H and O–H groups in total. The Labute approximate surface area is 91.6 Å². The minimum atomic E-state index is 0.456. The lowest BCUT2D eigenvalue weighted by Gasteiger charge is -1.96. The van der Waals surface area contributed by atoms with Gasteiger partial charge in [-0.2, -0.15) is 0 Å². The molecule has 2 rings (SSSR count). The normalized spacial score (nSPS) is 10.5. The van der Waals surface area contributed by atoms with Crippen LogP contribution >= 0.6 is 11.3 Å². The Bertz CT molecular complexity index is 437. The average Bonchev–Trinajstić information content (AvgIpc) is 2.83. The fraction of sp³-hybridized carbons (Fsp3) is 0.444. The van der Waals surface area contributed by atoms with E-state index in [0.717, 1.165) is 17.1 Å². The van der Waals surface area contributed by atoms with Crippen LogP contribution in [0.25, 0.3) is 0 Å². The van der Waals surface area contributed by atoms with Crippen LogP contribution in [-0.2, 0) is 13.0 Å². The summed E-state index contributed by atoms with van der Waals surface area (Å²) in [6.45, 7) is 4.58. The number of thiazole rings is 1. The minimum Gasteiger partial charge on any atom is -0.408 e. The number of nitrogens with one attached hydrogen (secondary N) is 1. The number of anilines is 1. The van der Waals surface area contributed by atoms with Crippen molar-refractivity contribution in [1.82, 2.24) is 15.2 Å². The second-order valence-corrected chi connectivity index (χ2v) is 4.13. The summed E-state index contributed by atoms with van der Waals surface area (Å²) >= 11 is 1.63. The predicted molar refractivity (Wildman–Crippen MR) is 57.9 cm³/mol. The van der Waals surface area contributed by atoms with Gasteiger partial charge in [0.1, 0.15) is 0 Å². The Balaban J connectivity index is 1.93. The summed E-state index contributed by atoms with van der Waals surface area (Å²) in [5, 5.41) is 13.8. The Kier molecular flexibility index (Phi) is 2.96. The van der Waals surface area contributed by atoms with E-state index < -0.39 is 0 Å². The number of aromatic nitrogens is 3. The van der Waals surface area contributed by atoms with Crippen LogP contribution < -0.4 is 5.32 Å². The summed E-state index contributed by atoms with van der Waals surface area (Å²) in [6.07, 6.45) is 0.754. The molecule has 80 valence electrons. The highest BCUT2D eigenvalue weighted by molar-refractivity contribution is 7.09. The first-order valence-corrected chi connectivity index (χ1v) is 5.63. The van der Waals surface area contributed by atoms with Crippen molar-refractivity contribution in [3.8, 4) is 0 Å². The molecule has 2 heterocycles. The maximum Gasteiger partial charge on any atom is 0.315 e. The van der Waals surface area contributed by atoms with E-state index in [9.17, 15) is 0 Å². The van der Waals surface area contributed by atoms with Gasteiger partial charge in [0.25, 0.3) is 0 Å². The fourth-order valence-corrected chi connectivity index (χ4v) is 1.74. The van der Waals surface area contributed by atoms with Crippen LogP contribution in [0.1, 0.15) is 23.5 Å². The van der Waals surface area contributed by atoms with Gasteiger partial charge >= 0.3 is 6.01 Å². The number of aryl methyl sites for hydroxylation is 2. The van der Waals surface area contributed by atoms with Gasteiger partial charge < -0.3 is 9.73 Å². The molecule has 0 radical (unpaired) electrons. The highest BCUT2D eigenvalue weighted by atomic mass is 32.1. The van der Waals surface area contributed by atoms with E-state index in [4.69, 9.17) is 4.42 Å². The summed E-state index contributed by atoms with van der Waals surface area (Å²) in [5.41, 5.74) is 0.994. The first kappa shape index (κ1) is 10.1. The zero-order valence-electron chi connectivity index (χ0n) is 8.65. The quantitative estimate of drug-likeness (QED) is 0.860. The van der Waals surface area contributed by atoms with E-state index in [1.165, 1.54) is 0 Å². The Morgan fingerprint density at radius 1 is 1.47 bits per heavy atom. The van der Waals surface area contributed by atoms with E-state index in [2.05, 4.69) is 20.5 Å². The number of hydrogen-bond acceptors (Lipinski definition) is 6. The molecule has 0 aliphatic heterocycles. The molecule has 15 heavy (non-hydrogen) atoms. The summed E-state index contributed by atoms with van der Waals surface area (Å²) < 4.78 is 5.30. The molecule has 0 unspecified atom stereocenters. The van der Waals surface area contributed by atoms with Crippen molar-refractivity contribution in [2.75, 3.05) is 5.32 Å². The summed E-state index contributed by atoms with van der Waals surface area (Å²) in [5.74, 6) is 0.645. The Morgan fingerprint density at radius 2 is 2.33 bits per heavy atom. The van der Waals surface area contributed by atoms with Crippen molar-refractivity contribution in [2.24, 2.45) is 0 Å². The minimum absolute atomic E-state index is 0.456. The molecule has 0 saturated heterocycles. The van der Waals surface area contributed by atoms with E-state index in [-0.39, 0.29) is 0 Å². The maximum absolute atomic E-state index is 5.30. The lowest BCUT2D eigenvalue weighted by Crippen LogP contribution is -1.99. The SMILES string of the molecule is CCc1nnc(NCc2csc(C)n2)o1. The monoisotopic (exact) mass is 224 g/mol. The van der Waals surface area contributed by atoms with Crippen molar-refractivity contribution in [3.63, 3.8) is 0 Å². The third kappa shape index (κ3) is 2.53. The lowest BCUT2D eigenvalue weighted by atomic mass is 10.5. The van der Waals surface area contributed by atoms with Crippen molar-refractivity contribution < 1.29 is 4.42 Å². The topological polar surface area (TPSA) is 63.8 Å². The van der Waals surface area contributed by atoms with Crippen LogP contribution in [0.5, 0.6) is 0 Å². The van der Waals surface area contributed by atoms with E-state index >= 15 is 0 Å². The van der Waals surface area contributed by atoms with Gasteiger partial charge in [-0.1, -0.05) is 12.0 Å². The predicted octanol–water partition coefficient (Wildman–Crippen LogP) is 2.01. The fourth-order valence-electron chi connectivity index (χ4n) is 1.12. The average molecular weight is 224 g/mol. The van der Waals surface area contributed by atoms with Crippen molar-refractivity contribution in [1.29, 1.82) is 0 Å². The molecule has 6 heteroatoms. The third-order valence-electron chi connectivity index (χ3n) is 1.86. The van der Waals surface area contributed by atoms with Gasteiger partial charge in [0, 0.05) is 11.8 Å². The van der Waals surface area contributed by atoms with Crippen molar-refractivity contribution in [2.45, 2.75) is 26.8 Å². The Morgan fingerprint density at radius 3 is 2.93 bits per heavy atom. The molecule has 0 aliphatic carbocycles. The molecular weight excluding hydrogens is 212 g/mol. The first-order valence-electron chi connectivity index (χ1n) is 4.75. The molecule has 0 spiro atoms. The molecule has 0 fully saturated rings. The highest BCUT2D eigenvalue weighted by Gasteiger charge is 2.04. The zero-order chi connectivity index (χ0) is 10.7. The molecule has 5 nitrogen and oxygen atoms in total. The van der Waals surface area contributed by atoms with Crippen LogP contribution in [0.15, 0.2) is 9.80 Å². The van der Waals surface area contributed by atoms with Gasteiger partial charge in [0.05, 0.1) is 17.2 Å². The molecule has 2 aromatic heterocycles. The summed E-state index contributed by atoms with van der Waals surface area (Å²) in [6, 6.07) is 0.456. The van der Waals surface area contributed by atoms with Crippen molar-refractivity contribution >= 4 is 17.4 Å². The van der Waals surface area contributed by atoms with Crippen molar-refractivity contribution in [3.05, 3.63) is 22.0 Å². The molecule has 0 atom stereocenters. The van der Waals surface area contributed by atoms with Gasteiger partial charge in [-0.25, -0.2) is 4.98 Å². The zero-order valence-corrected chi connectivity index (χ0v) is 9.47. The van der Waals surface area contributed by atoms with Gasteiger partial charge in [-0.05, 0) is 6.92 Å². The highest BCUT2D eigenvalue weighted by Crippen LogP contribution is 2.11. The number of hydrogen-bond donors (Lipinski definition) is 1. The molecule has 0 saturated carbocycles. The molecule has 0 aromatic carbocycles. The van der Waals surface area contributed by atoms with Gasteiger partial charge in [-0.15, -0.1) is 16.4 Å². The molecule has 0 amide bonds. The second-order valence-electron chi connectivity index (χ2n) is 3.07. The molecule has 2 aromatic rings. The molecular formula is C9H12N4OS. The van der Waals surface area contributed by atoms with Crippen LogP contribution in [0.3, 0.4) is 0 Å². The number of rotatable bonds is 4. The lowest BCUT2D eigenvalue weighted by molar-refractivity contribution is 0.511. The summed E-state index contributed by atoms with van der Waals surface area (Å²) in [4.78, 5) is 4.32. The van der Waals surface area contributed by atoms with E-state index in [0.29, 0.717) is 18.5 Å². The van der Waals surface area contributed by atoms with E-state index in [1.807, 2.05) is 19.2 Å². The number of nitrogens with zero attached hydrogens (tertiary/aromatic N) is 3. The maximum atomic E-state index is 5.30. The van der Waals surface area contributed by atoms with Crippen LogP contribution in [0.2, 0.25) is 0 Å². The molecule has 0 bridgehead atoms. The molecule has 0 aliphatic rings. The summed E-state index contributed by atoms with van der Waals surface area (Å²) in [7, 11) is 0. The van der Waals surface area contributed by atoms with Gasteiger partial charge in [0.15, 0.2) is 0 Å². The van der Waals surface area contributed by atoms with Gasteiger partial charge in [0.2, 0.25) is 5.89 Å². The smallest absolute Gasteiger partial charge is 0.315 e. The first-order chi connectivity index (χ1) is 7.28. The third-order valence-corrected chi connectivity index (χ3v) is 2.68.